The van der Waals surface area contributed by atoms with Crippen molar-refractivity contribution in [1.82, 2.24) is 9.47 Å². The summed E-state index contributed by atoms with van der Waals surface area (Å²) in [7, 11) is 1.65. The van der Waals surface area contributed by atoms with Gasteiger partial charge >= 0.3 is 6.09 Å². The van der Waals surface area contributed by atoms with Crippen molar-refractivity contribution in [3.05, 3.63) is 68.6 Å². The molecule has 0 atom stereocenters. The second-order valence-corrected chi connectivity index (χ2v) is 8.72. The predicted octanol–water partition coefficient (Wildman–Crippen LogP) is 5.79. The maximum absolute atomic E-state index is 13.1. The minimum absolute atomic E-state index is 0.0466. The molecule has 0 radical (unpaired) electrons. The summed E-state index contributed by atoms with van der Waals surface area (Å²) in [6.45, 7) is 5.50. The number of aromatic nitrogens is 1. The third-order valence-electron chi connectivity index (χ3n) is 4.97. The van der Waals surface area contributed by atoms with Crippen LogP contribution in [0.15, 0.2) is 47.3 Å². The third-order valence-corrected chi connectivity index (χ3v) is 5.69. The Kier molecular flexibility index (Phi) is 5.65. The second kappa shape index (κ2) is 7.73. The van der Waals surface area contributed by atoms with Crippen molar-refractivity contribution in [3.8, 4) is 11.1 Å². The summed E-state index contributed by atoms with van der Waals surface area (Å²) in [5, 5.41) is 11.5. The average Bonchev–Trinajstić information content (AvgIpc) is 2.64. The summed E-state index contributed by atoms with van der Waals surface area (Å²) in [6.07, 6.45) is -1.06. The van der Waals surface area contributed by atoms with Crippen LogP contribution in [-0.2, 0) is 13.6 Å². The van der Waals surface area contributed by atoms with Gasteiger partial charge in [-0.25, -0.2) is 4.79 Å². The number of nitrogens with zero attached hydrogens (tertiary/aromatic N) is 2. The quantitative estimate of drug-likeness (QED) is 0.569. The molecule has 2 aromatic carbocycles. The normalized spacial score (nSPS) is 11.7. The van der Waals surface area contributed by atoms with Gasteiger partial charge in [0, 0.05) is 29.2 Å². The van der Waals surface area contributed by atoms with E-state index in [1.165, 1.54) is 9.47 Å². The molecule has 1 amide bonds. The van der Waals surface area contributed by atoms with Crippen LogP contribution >= 0.6 is 23.2 Å². The topological polar surface area (TPSA) is 62.5 Å². The van der Waals surface area contributed by atoms with Crippen LogP contribution in [-0.4, -0.2) is 26.2 Å². The van der Waals surface area contributed by atoms with Gasteiger partial charge in [0.05, 0.1) is 16.6 Å². The zero-order valence-electron chi connectivity index (χ0n) is 16.7. The van der Waals surface area contributed by atoms with Crippen molar-refractivity contribution in [2.75, 3.05) is 0 Å². The largest absolute Gasteiger partial charge is 0.465 e. The van der Waals surface area contributed by atoms with Crippen LogP contribution in [0.3, 0.4) is 0 Å². The molecule has 0 saturated heterocycles. The molecule has 7 heteroatoms. The van der Waals surface area contributed by atoms with Crippen LogP contribution < -0.4 is 5.56 Å². The van der Waals surface area contributed by atoms with Crippen LogP contribution in [0, 0.1) is 0 Å². The van der Waals surface area contributed by atoms with Gasteiger partial charge in [0.2, 0.25) is 0 Å². The van der Waals surface area contributed by atoms with Gasteiger partial charge < -0.3 is 9.67 Å². The second-order valence-electron chi connectivity index (χ2n) is 7.90. The molecule has 0 bridgehead atoms. The third kappa shape index (κ3) is 3.98. The highest BCUT2D eigenvalue weighted by molar-refractivity contribution is 6.43. The molecule has 0 aliphatic rings. The lowest BCUT2D eigenvalue weighted by Crippen LogP contribution is -2.45. The summed E-state index contributed by atoms with van der Waals surface area (Å²) < 4.78 is 1.50. The molecule has 152 valence electrons. The van der Waals surface area contributed by atoms with E-state index in [0.717, 1.165) is 11.1 Å². The first-order chi connectivity index (χ1) is 13.5. The van der Waals surface area contributed by atoms with Gasteiger partial charge in [0.15, 0.2) is 0 Å². The van der Waals surface area contributed by atoms with Crippen LogP contribution in [0.1, 0.15) is 26.5 Å². The lowest BCUT2D eigenvalue weighted by molar-refractivity contribution is 0.0941. The summed E-state index contributed by atoms with van der Waals surface area (Å²) in [5.41, 5.74) is 1.30. The molecule has 29 heavy (non-hydrogen) atoms. The van der Waals surface area contributed by atoms with Crippen molar-refractivity contribution in [1.29, 1.82) is 0 Å². The van der Waals surface area contributed by atoms with E-state index < -0.39 is 11.6 Å². The Balaban J connectivity index is 2.43. The van der Waals surface area contributed by atoms with Gasteiger partial charge in [-0.1, -0.05) is 53.5 Å². The number of rotatable bonds is 3. The van der Waals surface area contributed by atoms with E-state index in [1.807, 2.05) is 51.1 Å². The first kappa shape index (κ1) is 21.2. The fourth-order valence-corrected chi connectivity index (χ4v) is 3.74. The number of carbonyl (C=O) groups is 1. The molecule has 0 unspecified atom stereocenters. The highest BCUT2D eigenvalue weighted by atomic mass is 35.5. The van der Waals surface area contributed by atoms with E-state index in [0.29, 0.717) is 26.5 Å². The highest BCUT2D eigenvalue weighted by Crippen LogP contribution is 2.36. The number of amides is 1. The van der Waals surface area contributed by atoms with Crippen molar-refractivity contribution in [3.63, 3.8) is 0 Å². The molecule has 3 aromatic rings. The lowest BCUT2D eigenvalue weighted by Gasteiger charge is -2.34. The minimum atomic E-state index is -1.06. The molecule has 3 rings (SSSR count). The fraction of sp³-hybridized carbons (Fsp3) is 0.273. The zero-order valence-corrected chi connectivity index (χ0v) is 18.2. The molecule has 0 fully saturated rings. The van der Waals surface area contributed by atoms with Crippen molar-refractivity contribution in [2.45, 2.75) is 32.9 Å². The van der Waals surface area contributed by atoms with Crippen molar-refractivity contribution >= 4 is 40.1 Å². The molecule has 1 N–H and O–H groups in total. The van der Waals surface area contributed by atoms with Gasteiger partial charge in [0.1, 0.15) is 0 Å². The van der Waals surface area contributed by atoms with E-state index >= 15 is 0 Å². The Bertz CT molecular complexity index is 1150. The maximum Gasteiger partial charge on any atom is 0.408 e. The van der Waals surface area contributed by atoms with E-state index in [2.05, 4.69) is 0 Å². The number of fused-ring (bicyclic) bond motifs is 1. The molecule has 0 saturated carbocycles. The smallest absolute Gasteiger partial charge is 0.408 e. The van der Waals surface area contributed by atoms with Crippen LogP contribution in [0.2, 0.25) is 10.0 Å². The van der Waals surface area contributed by atoms with Gasteiger partial charge in [-0.15, -0.1) is 0 Å². The number of pyridine rings is 1. The summed E-state index contributed by atoms with van der Waals surface area (Å²) in [6, 6.07) is 12.8. The number of carboxylic acid groups (broad SMARTS) is 1. The predicted molar refractivity (Wildman–Crippen MR) is 118 cm³/mol. The monoisotopic (exact) mass is 432 g/mol. The molecule has 1 aromatic heterocycles. The number of halogens is 2. The van der Waals surface area contributed by atoms with E-state index in [-0.39, 0.29) is 12.1 Å². The molecular formula is C22H22Cl2N2O3. The standard InChI is InChI=1S/C22H22Cl2N2O3/c1-22(2,3)26(21(28)29)12-18-19(13-8-6-5-7-9-13)14-10-16(23)17(24)11-15(14)20(27)25(18)4/h5-11H,12H2,1-4H3,(H,28,29). The van der Waals surface area contributed by atoms with Crippen LogP contribution in [0.25, 0.3) is 21.9 Å². The molecule has 0 aliphatic heterocycles. The Morgan fingerprint density at radius 3 is 2.14 bits per heavy atom. The van der Waals surface area contributed by atoms with E-state index in [1.54, 1.807) is 19.2 Å². The fourth-order valence-electron chi connectivity index (χ4n) is 3.41. The Morgan fingerprint density at radius 1 is 1.07 bits per heavy atom. The van der Waals surface area contributed by atoms with Crippen molar-refractivity contribution in [2.24, 2.45) is 7.05 Å². The Labute approximate surface area is 179 Å². The molecule has 1 heterocycles. The minimum Gasteiger partial charge on any atom is -0.465 e. The molecule has 0 spiro atoms. The first-order valence-corrected chi connectivity index (χ1v) is 9.84. The van der Waals surface area contributed by atoms with Crippen LogP contribution in [0.4, 0.5) is 4.79 Å². The summed E-state index contributed by atoms with van der Waals surface area (Å²) in [4.78, 5) is 26.4. The molecule has 0 aliphatic carbocycles. The number of benzene rings is 2. The van der Waals surface area contributed by atoms with Gasteiger partial charge in [-0.3, -0.25) is 9.69 Å². The van der Waals surface area contributed by atoms with Gasteiger partial charge in [0.25, 0.3) is 5.56 Å². The molecular weight excluding hydrogens is 411 g/mol. The zero-order chi connectivity index (χ0) is 21.5. The maximum atomic E-state index is 13.1. The highest BCUT2D eigenvalue weighted by Gasteiger charge is 2.29. The summed E-state index contributed by atoms with van der Waals surface area (Å²) in [5.74, 6) is 0. The summed E-state index contributed by atoms with van der Waals surface area (Å²) >= 11 is 12.4. The Morgan fingerprint density at radius 2 is 1.62 bits per heavy atom. The lowest BCUT2D eigenvalue weighted by atomic mass is 9.95. The Hall–Kier alpha value is -2.50. The van der Waals surface area contributed by atoms with E-state index in [4.69, 9.17) is 23.2 Å². The van der Waals surface area contributed by atoms with E-state index in [9.17, 15) is 14.7 Å². The average molecular weight is 433 g/mol. The van der Waals surface area contributed by atoms with Crippen molar-refractivity contribution < 1.29 is 9.90 Å². The van der Waals surface area contributed by atoms with Gasteiger partial charge in [-0.2, -0.15) is 0 Å². The van der Waals surface area contributed by atoms with Gasteiger partial charge in [-0.05, 0) is 43.9 Å². The first-order valence-electron chi connectivity index (χ1n) is 9.09. The molecule has 5 nitrogen and oxygen atoms in total. The SMILES string of the molecule is Cn1c(CN(C(=O)O)C(C)(C)C)c(-c2ccccc2)c2cc(Cl)c(Cl)cc2c1=O. The number of hydrogen-bond donors (Lipinski definition) is 1. The van der Waals surface area contributed by atoms with Crippen LogP contribution in [0.5, 0.6) is 0 Å². The number of hydrogen-bond acceptors (Lipinski definition) is 2.